The lowest BCUT2D eigenvalue weighted by molar-refractivity contribution is 0.0954. The van der Waals surface area contributed by atoms with Crippen molar-refractivity contribution in [3.63, 3.8) is 0 Å². The highest BCUT2D eigenvalue weighted by Crippen LogP contribution is 2.24. The summed E-state index contributed by atoms with van der Waals surface area (Å²) in [6.45, 7) is 2.44. The van der Waals surface area contributed by atoms with E-state index in [0.29, 0.717) is 30.2 Å². The zero-order valence-electron chi connectivity index (χ0n) is 15.0. The molecule has 0 atom stereocenters. The van der Waals surface area contributed by atoms with Crippen molar-refractivity contribution in [2.45, 2.75) is 19.3 Å². The Kier molecular flexibility index (Phi) is 5.09. The Morgan fingerprint density at radius 1 is 1.15 bits per heavy atom. The Balaban J connectivity index is 1.36. The zero-order chi connectivity index (χ0) is 18.5. The number of carbonyl (C=O) groups excluding carboxylic acids is 1. The first-order chi connectivity index (χ1) is 13.3. The van der Waals surface area contributed by atoms with E-state index in [9.17, 15) is 4.79 Å². The molecule has 1 fully saturated rings. The van der Waals surface area contributed by atoms with Crippen LogP contribution >= 0.6 is 0 Å². The molecule has 2 aromatic heterocycles. The van der Waals surface area contributed by atoms with Crippen LogP contribution in [0, 0.1) is 0 Å². The van der Waals surface area contributed by atoms with E-state index < -0.39 is 0 Å². The van der Waals surface area contributed by atoms with Crippen LogP contribution in [0.2, 0.25) is 0 Å². The monoisotopic (exact) mass is 363 g/mol. The van der Waals surface area contributed by atoms with E-state index >= 15 is 0 Å². The molecule has 0 spiro atoms. The van der Waals surface area contributed by atoms with Crippen LogP contribution in [0.4, 0.5) is 5.69 Å². The molecule has 1 N–H and O–H groups in total. The highest BCUT2D eigenvalue weighted by Gasteiger charge is 2.19. The van der Waals surface area contributed by atoms with Crippen LogP contribution in [-0.2, 0) is 6.42 Å². The summed E-state index contributed by atoms with van der Waals surface area (Å²) in [6, 6.07) is 11.5. The van der Waals surface area contributed by atoms with Gasteiger partial charge in [-0.3, -0.25) is 9.78 Å². The number of hydrogen-bond acceptors (Lipinski definition) is 6. The summed E-state index contributed by atoms with van der Waals surface area (Å²) in [5.74, 6) is 0.912. The first-order valence-corrected chi connectivity index (χ1v) is 9.16. The molecule has 0 unspecified atom stereocenters. The SMILES string of the molecule is O=C(NCCc1nc(-c2cccnc2)no1)c1ccccc1N1CCCC1. The molecule has 3 heterocycles. The number of para-hydroxylation sites is 1. The summed E-state index contributed by atoms with van der Waals surface area (Å²) < 4.78 is 5.26. The van der Waals surface area contributed by atoms with E-state index in [2.05, 4.69) is 25.3 Å². The number of benzene rings is 1. The molecule has 0 saturated carbocycles. The van der Waals surface area contributed by atoms with Gasteiger partial charge in [-0.25, -0.2) is 0 Å². The van der Waals surface area contributed by atoms with Gasteiger partial charge >= 0.3 is 0 Å². The van der Waals surface area contributed by atoms with Crippen molar-refractivity contribution in [1.82, 2.24) is 20.4 Å². The van der Waals surface area contributed by atoms with E-state index in [1.807, 2.05) is 36.4 Å². The maximum Gasteiger partial charge on any atom is 0.253 e. The van der Waals surface area contributed by atoms with Crippen LogP contribution in [-0.4, -0.2) is 40.7 Å². The van der Waals surface area contributed by atoms with Gasteiger partial charge in [-0.1, -0.05) is 17.3 Å². The normalized spacial score (nSPS) is 13.7. The van der Waals surface area contributed by atoms with Gasteiger partial charge in [0.1, 0.15) is 0 Å². The number of nitrogens with zero attached hydrogens (tertiary/aromatic N) is 4. The van der Waals surface area contributed by atoms with E-state index in [1.54, 1.807) is 12.4 Å². The van der Waals surface area contributed by atoms with Crippen molar-refractivity contribution in [3.8, 4) is 11.4 Å². The molecule has 0 aliphatic carbocycles. The Morgan fingerprint density at radius 3 is 2.81 bits per heavy atom. The van der Waals surface area contributed by atoms with Crippen LogP contribution in [0.5, 0.6) is 0 Å². The van der Waals surface area contributed by atoms with Crippen LogP contribution in [0.3, 0.4) is 0 Å². The second kappa shape index (κ2) is 7.99. The van der Waals surface area contributed by atoms with Gasteiger partial charge in [0.05, 0.1) is 5.56 Å². The Bertz CT molecular complexity index is 904. The number of amides is 1. The fourth-order valence-corrected chi connectivity index (χ4v) is 3.25. The second-order valence-corrected chi connectivity index (χ2v) is 6.47. The molecular weight excluding hydrogens is 342 g/mol. The standard InChI is InChI=1S/C20H21N5O2/c26-20(16-7-1-2-8-17(16)25-12-3-4-13-25)22-11-9-18-23-19(24-27-18)15-6-5-10-21-14-15/h1-2,5-8,10,14H,3-4,9,11-13H2,(H,22,26). The number of nitrogens with one attached hydrogen (secondary N) is 1. The number of hydrogen-bond donors (Lipinski definition) is 1. The highest BCUT2D eigenvalue weighted by atomic mass is 16.5. The fraction of sp³-hybridized carbons (Fsp3) is 0.300. The predicted octanol–water partition coefficient (Wildman–Crippen LogP) is 2.70. The minimum atomic E-state index is -0.0792. The Hall–Kier alpha value is -3.22. The third-order valence-corrected chi connectivity index (χ3v) is 4.61. The fourth-order valence-electron chi connectivity index (χ4n) is 3.25. The minimum Gasteiger partial charge on any atom is -0.371 e. The number of aromatic nitrogens is 3. The van der Waals surface area contributed by atoms with Gasteiger partial charge in [0.25, 0.3) is 5.91 Å². The maximum absolute atomic E-state index is 12.6. The van der Waals surface area contributed by atoms with Crippen LogP contribution in [0.25, 0.3) is 11.4 Å². The number of rotatable bonds is 6. The van der Waals surface area contributed by atoms with Crippen LogP contribution < -0.4 is 10.2 Å². The van der Waals surface area contributed by atoms with Gasteiger partial charge in [-0.2, -0.15) is 4.98 Å². The lowest BCUT2D eigenvalue weighted by Crippen LogP contribution is -2.28. The summed E-state index contributed by atoms with van der Waals surface area (Å²) in [5.41, 5.74) is 2.52. The molecular formula is C20H21N5O2. The Labute approximate surface area is 157 Å². The summed E-state index contributed by atoms with van der Waals surface area (Å²) in [4.78, 5) is 23.3. The summed E-state index contributed by atoms with van der Waals surface area (Å²) >= 11 is 0. The smallest absolute Gasteiger partial charge is 0.253 e. The van der Waals surface area contributed by atoms with E-state index in [1.165, 1.54) is 12.8 Å². The molecule has 1 saturated heterocycles. The van der Waals surface area contributed by atoms with Gasteiger partial charge < -0.3 is 14.7 Å². The lowest BCUT2D eigenvalue weighted by atomic mass is 10.1. The van der Waals surface area contributed by atoms with Crippen molar-refractivity contribution >= 4 is 11.6 Å². The molecule has 1 aliphatic rings. The van der Waals surface area contributed by atoms with E-state index in [-0.39, 0.29) is 5.91 Å². The Morgan fingerprint density at radius 2 is 2.00 bits per heavy atom. The van der Waals surface area contributed by atoms with Crippen molar-refractivity contribution in [3.05, 3.63) is 60.2 Å². The van der Waals surface area contributed by atoms with E-state index in [4.69, 9.17) is 4.52 Å². The number of pyridine rings is 1. The van der Waals surface area contributed by atoms with Gasteiger partial charge in [0.15, 0.2) is 0 Å². The predicted molar refractivity (Wildman–Crippen MR) is 101 cm³/mol. The van der Waals surface area contributed by atoms with Crippen molar-refractivity contribution < 1.29 is 9.32 Å². The minimum absolute atomic E-state index is 0.0792. The summed E-state index contributed by atoms with van der Waals surface area (Å²) in [7, 11) is 0. The molecule has 0 bridgehead atoms. The van der Waals surface area contributed by atoms with Gasteiger partial charge in [-0.15, -0.1) is 0 Å². The van der Waals surface area contributed by atoms with Crippen LogP contribution in [0.15, 0.2) is 53.3 Å². The lowest BCUT2D eigenvalue weighted by Gasteiger charge is -2.20. The molecule has 1 amide bonds. The largest absolute Gasteiger partial charge is 0.371 e. The molecule has 7 heteroatoms. The molecule has 3 aromatic rings. The zero-order valence-corrected chi connectivity index (χ0v) is 15.0. The topological polar surface area (TPSA) is 84.2 Å². The average molecular weight is 363 g/mol. The van der Waals surface area contributed by atoms with Gasteiger partial charge in [0, 0.05) is 49.7 Å². The van der Waals surface area contributed by atoms with Crippen molar-refractivity contribution in [2.75, 3.05) is 24.5 Å². The van der Waals surface area contributed by atoms with E-state index in [0.717, 1.165) is 24.3 Å². The van der Waals surface area contributed by atoms with Crippen molar-refractivity contribution in [1.29, 1.82) is 0 Å². The molecule has 7 nitrogen and oxygen atoms in total. The quantitative estimate of drug-likeness (QED) is 0.725. The average Bonchev–Trinajstić information content (AvgIpc) is 3.41. The number of anilines is 1. The third kappa shape index (κ3) is 3.97. The molecule has 1 aliphatic heterocycles. The molecule has 0 radical (unpaired) electrons. The molecule has 4 rings (SSSR count). The summed E-state index contributed by atoms with van der Waals surface area (Å²) in [5, 5.41) is 6.92. The molecule has 138 valence electrons. The number of carbonyl (C=O) groups is 1. The van der Waals surface area contributed by atoms with Crippen molar-refractivity contribution in [2.24, 2.45) is 0 Å². The third-order valence-electron chi connectivity index (χ3n) is 4.61. The highest BCUT2D eigenvalue weighted by molar-refractivity contribution is 5.99. The van der Waals surface area contributed by atoms with Crippen LogP contribution in [0.1, 0.15) is 29.1 Å². The summed E-state index contributed by atoms with van der Waals surface area (Å²) in [6.07, 6.45) is 6.20. The first-order valence-electron chi connectivity index (χ1n) is 9.16. The van der Waals surface area contributed by atoms with Gasteiger partial charge in [0.2, 0.25) is 11.7 Å². The molecule has 27 heavy (non-hydrogen) atoms. The molecule has 1 aromatic carbocycles. The first kappa shape index (κ1) is 17.2. The maximum atomic E-state index is 12.6. The van der Waals surface area contributed by atoms with Gasteiger partial charge in [-0.05, 0) is 37.1 Å². The second-order valence-electron chi connectivity index (χ2n) is 6.47.